The second kappa shape index (κ2) is 4.32. The van der Waals surface area contributed by atoms with E-state index >= 15 is 0 Å². The van der Waals surface area contributed by atoms with E-state index in [-0.39, 0.29) is 12.4 Å². The molecule has 2 rings (SSSR count). The molecule has 6 heteroatoms. The standard InChI is InChI=1S/C9H9BrN2O2S/c1-2-14-8(13)3-6-4-12-5-7(10)15-9(12)11-6/h4-5H,2-3H2,1H3. The van der Waals surface area contributed by atoms with Gasteiger partial charge in [-0.05, 0) is 22.9 Å². The van der Waals surface area contributed by atoms with E-state index < -0.39 is 0 Å². The summed E-state index contributed by atoms with van der Waals surface area (Å²) in [6, 6.07) is 0. The molecule has 15 heavy (non-hydrogen) atoms. The number of halogens is 1. The number of rotatable bonds is 3. The molecule has 2 aromatic rings. The van der Waals surface area contributed by atoms with E-state index in [1.807, 2.05) is 16.8 Å². The Morgan fingerprint density at radius 3 is 3.13 bits per heavy atom. The van der Waals surface area contributed by atoms with Gasteiger partial charge in [0.2, 0.25) is 0 Å². The minimum atomic E-state index is -0.234. The summed E-state index contributed by atoms with van der Waals surface area (Å²) in [6.45, 7) is 2.20. The normalized spacial score (nSPS) is 10.8. The number of aromatic nitrogens is 2. The molecule has 0 atom stereocenters. The maximum atomic E-state index is 11.2. The lowest BCUT2D eigenvalue weighted by atomic mass is 10.3. The zero-order chi connectivity index (χ0) is 10.8. The van der Waals surface area contributed by atoms with E-state index in [1.54, 1.807) is 6.92 Å². The molecule has 0 bridgehead atoms. The van der Waals surface area contributed by atoms with Crippen molar-refractivity contribution in [2.24, 2.45) is 0 Å². The number of ether oxygens (including phenoxy) is 1. The molecule has 0 aromatic carbocycles. The van der Waals surface area contributed by atoms with Crippen LogP contribution in [-0.2, 0) is 16.0 Å². The Morgan fingerprint density at radius 2 is 2.47 bits per heavy atom. The Hall–Kier alpha value is -0.880. The summed E-state index contributed by atoms with van der Waals surface area (Å²) in [6.07, 6.45) is 4.00. The molecule has 0 spiro atoms. The number of hydrogen-bond acceptors (Lipinski definition) is 4. The Labute approximate surface area is 99.0 Å². The van der Waals surface area contributed by atoms with Crippen LogP contribution in [0.15, 0.2) is 16.2 Å². The Bertz CT molecular complexity index is 460. The molecular formula is C9H9BrN2O2S. The summed E-state index contributed by atoms with van der Waals surface area (Å²) in [5.74, 6) is -0.234. The molecule has 0 fully saturated rings. The minimum Gasteiger partial charge on any atom is -0.466 e. The minimum absolute atomic E-state index is 0.234. The van der Waals surface area contributed by atoms with Crippen LogP contribution in [0.3, 0.4) is 0 Å². The van der Waals surface area contributed by atoms with Crippen LogP contribution >= 0.6 is 27.3 Å². The molecule has 0 saturated carbocycles. The average molecular weight is 289 g/mol. The van der Waals surface area contributed by atoms with Crippen molar-refractivity contribution in [1.82, 2.24) is 9.38 Å². The van der Waals surface area contributed by atoms with Crippen molar-refractivity contribution in [2.45, 2.75) is 13.3 Å². The number of esters is 1. The number of carbonyl (C=O) groups excluding carboxylic acids is 1. The fourth-order valence-corrected chi connectivity index (χ4v) is 2.63. The van der Waals surface area contributed by atoms with E-state index in [2.05, 4.69) is 20.9 Å². The third-order valence-electron chi connectivity index (χ3n) is 1.81. The van der Waals surface area contributed by atoms with Crippen molar-refractivity contribution < 1.29 is 9.53 Å². The molecule has 0 amide bonds. The summed E-state index contributed by atoms with van der Waals surface area (Å²) in [5, 5.41) is 0. The van der Waals surface area contributed by atoms with Gasteiger partial charge in [-0.2, -0.15) is 0 Å². The first-order valence-electron chi connectivity index (χ1n) is 4.47. The van der Waals surface area contributed by atoms with Crippen molar-refractivity contribution in [3.63, 3.8) is 0 Å². The lowest BCUT2D eigenvalue weighted by molar-refractivity contribution is -0.142. The van der Waals surface area contributed by atoms with Gasteiger partial charge in [-0.1, -0.05) is 11.3 Å². The summed E-state index contributed by atoms with van der Waals surface area (Å²) < 4.78 is 7.76. The average Bonchev–Trinajstić information content (AvgIpc) is 2.60. The van der Waals surface area contributed by atoms with Crippen LogP contribution in [0.25, 0.3) is 4.96 Å². The maximum absolute atomic E-state index is 11.2. The van der Waals surface area contributed by atoms with Gasteiger partial charge in [-0.3, -0.25) is 9.20 Å². The predicted octanol–water partition coefficient (Wildman–Crippen LogP) is 2.26. The van der Waals surface area contributed by atoms with Gasteiger partial charge in [0.15, 0.2) is 4.96 Å². The van der Waals surface area contributed by atoms with Crippen molar-refractivity contribution in [3.05, 3.63) is 21.9 Å². The first-order valence-corrected chi connectivity index (χ1v) is 6.08. The number of fused-ring (bicyclic) bond motifs is 1. The van der Waals surface area contributed by atoms with Crippen LogP contribution in [0.5, 0.6) is 0 Å². The van der Waals surface area contributed by atoms with Gasteiger partial charge >= 0.3 is 5.97 Å². The zero-order valence-electron chi connectivity index (χ0n) is 8.07. The van der Waals surface area contributed by atoms with E-state index in [4.69, 9.17) is 4.74 Å². The monoisotopic (exact) mass is 288 g/mol. The highest BCUT2D eigenvalue weighted by atomic mass is 79.9. The van der Waals surface area contributed by atoms with Crippen LogP contribution in [0.4, 0.5) is 0 Å². The first kappa shape index (κ1) is 10.6. The zero-order valence-corrected chi connectivity index (χ0v) is 10.5. The molecule has 0 aliphatic rings. The van der Waals surface area contributed by atoms with Crippen molar-refractivity contribution >= 4 is 38.2 Å². The number of nitrogens with zero attached hydrogens (tertiary/aromatic N) is 2. The summed E-state index contributed by atoms with van der Waals surface area (Å²) in [5.41, 5.74) is 0.743. The van der Waals surface area contributed by atoms with Gasteiger partial charge in [0.1, 0.15) is 0 Å². The fraction of sp³-hybridized carbons (Fsp3) is 0.333. The molecule has 0 saturated heterocycles. The molecular weight excluding hydrogens is 280 g/mol. The molecule has 4 nitrogen and oxygen atoms in total. The molecule has 2 heterocycles. The number of thiazole rings is 1. The van der Waals surface area contributed by atoms with Crippen LogP contribution in [0, 0.1) is 0 Å². The molecule has 0 unspecified atom stereocenters. The summed E-state index contributed by atoms with van der Waals surface area (Å²) >= 11 is 4.90. The summed E-state index contributed by atoms with van der Waals surface area (Å²) in [7, 11) is 0. The van der Waals surface area contributed by atoms with Crippen LogP contribution in [-0.4, -0.2) is 22.0 Å². The van der Waals surface area contributed by atoms with E-state index in [0.29, 0.717) is 6.61 Å². The Kier molecular flexibility index (Phi) is 3.06. The highest BCUT2D eigenvalue weighted by Crippen LogP contribution is 2.22. The number of hydrogen-bond donors (Lipinski definition) is 0. The highest BCUT2D eigenvalue weighted by molar-refractivity contribution is 9.11. The van der Waals surface area contributed by atoms with E-state index in [0.717, 1.165) is 14.4 Å². The Morgan fingerprint density at radius 1 is 1.67 bits per heavy atom. The summed E-state index contributed by atoms with van der Waals surface area (Å²) in [4.78, 5) is 16.4. The van der Waals surface area contributed by atoms with Gasteiger partial charge in [0.25, 0.3) is 0 Å². The van der Waals surface area contributed by atoms with Gasteiger partial charge in [0.05, 0.1) is 22.5 Å². The predicted molar refractivity (Wildman–Crippen MR) is 61.1 cm³/mol. The van der Waals surface area contributed by atoms with Gasteiger partial charge in [0, 0.05) is 12.4 Å². The van der Waals surface area contributed by atoms with Crippen LogP contribution in [0.1, 0.15) is 12.6 Å². The van der Waals surface area contributed by atoms with E-state index in [1.165, 1.54) is 11.3 Å². The second-order valence-electron chi connectivity index (χ2n) is 2.94. The smallest absolute Gasteiger partial charge is 0.311 e. The van der Waals surface area contributed by atoms with Crippen LogP contribution in [0.2, 0.25) is 0 Å². The third-order valence-corrected chi connectivity index (χ3v) is 3.28. The molecule has 0 aliphatic heterocycles. The molecule has 0 radical (unpaired) electrons. The number of imidazole rings is 1. The lowest BCUT2D eigenvalue weighted by Gasteiger charge is -1.97. The van der Waals surface area contributed by atoms with Crippen LogP contribution < -0.4 is 0 Å². The second-order valence-corrected chi connectivity index (χ2v) is 5.33. The van der Waals surface area contributed by atoms with E-state index in [9.17, 15) is 4.79 Å². The quantitative estimate of drug-likeness (QED) is 0.814. The highest BCUT2D eigenvalue weighted by Gasteiger charge is 2.09. The van der Waals surface area contributed by atoms with Gasteiger partial charge in [-0.15, -0.1) is 0 Å². The topological polar surface area (TPSA) is 43.6 Å². The van der Waals surface area contributed by atoms with Gasteiger partial charge < -0.3 is 4.74 Å². The first-order chi connectivity index (χ1) is 7.19. The van der Waals surface area contributed by atoms with Crippen molar-refractivity contribution in [2.75, 3.05) is 6.61 Å². The Balaban J connectivity index is 2.15. The van der Waals surface area contributed by atoms with Crippen molar-refractivity contribution in [3.8, 4) is 0 Å². The molecule has 2 aromatic heterocycles. The fourth-order valence-electron chi connectivity index (χ4n) is 1.26. The molecule has 0 N–H and O–H groups in total. The van der Waals surface area contributed by atoms with Crippen molar-refractivity contribution in [1.29, 1.82) is 0 Å². The number of carbonyl (C=O) groups is 1. The lowest BCUT2D eigenvalue weighted by Crippen LogP contribution is -2.07. The largest absolute Gasteiger partial charge is 0.466 e. The maximum Gasteiger partial charge on any atom is 0.311 e. The SMILES string of the molecule is CCOC(=O)Cc1cn2cc(Br)sc2n1. The van der Waals surface area contributed by atoms with Gasteiger partial charge in [-0.25, -0.2) is 4.98 Å². The molecule has 80 valence electrons. The third kappa shape index (κ3) is 2.38. The molecule has 0 aliphatic carbocycles.